The van der Waals surface area contributed by atoms with Crippen LogP contribution in [0.4, 0.5) is 4.39 Å². The average Bonchev–Trinajstić information content (AvgIpc) is 3.37. The Hall–Kier alpha value is -3.27. The van der Waals surface area contributed by atoms with Gasteiger partial charge >= 0.3 is 0 Å². The quantitative estimate of drug-likeness (QED) is 0.402. The van der Waals surface area contributed by atoms with E-state index in [0.717, 1.165) is 5.92 Å². The number of hydrogen-bond acceptors (Lipinski definition) is 5. The van der Waals surface area contributed by atoms with Crippen LogP contribution in [0.3, 0.4) is 0 Å². The number of benzene rings is 1. The second-order valence-electron chi connectivity index (χ2n) is 8.56. The lowest BCUT2D eigenvalue weighted by atomic mass is 9.96. The third kappa shape index (κ3) is 7.67. The number of carbonyl (C=O) groups is 4. The Labute approximate surface area is 191 Å². The number of aliphatic hydroxyl groups is 1. The summed E-state index contributed by atoms with van der Waals surface area (Å²) >= 11 is 0. The van der Waals surface area contributed by atoms with Crippen molar-refractivity contribution in [2.24, 2.45) is 11.8 Å². The van der Waals surface area contributed by atoms with E-state index in [4.69, 9.17) is 5.11 Å². The molecule has 33 heavy (non-hydrogen) atoms. The number of halogens is 1. The number of para-hydroxylation sites is 1. The highest BCUT2D eigenvalue weighted by atomic mass is 19.1. The fraction of sp³-hybridized carbons (Fsp3) is 0.478. The number of rotatable bonds is 8. The molecule has 1 aromatic carbocycles. The van der Waals surface area contributed by atoms with Gasteiger partial charge in [-0.25, -0.2) is 4.39 Å². The molecule has 0 saturated carbocycles. The van der Waals surface area contributed by atoms with Gasteiger partial charge in [-0.1, -0.05) is 32.9 Å². The van der Waals surface area contributed by atoms with E-state index in [-0.39, 0.29) is 23.5 Å². The van der Waals surface area contributed by atoms with E-state index in [1.807, 2.05) is 0 Å². The van der Waals surface area contributed by atoms with Crippen LogP contribution in [-0.4, -0.2) is 59.3 Å². The lowest BCUT2D eigenvalue weighted by molar-refractivity contribution is -0.130. The number of carbonyl (C=O) groups excluding carboxylic acids is 4. The Kier molecular flexibility index (Phi) is 9.53. The second kappa shape index (κ2) is 12.1. The predicted molar refractivity (Wildman–Crippen MR) is 121 cm³/mol. The number of hydrogen-bond donors (Lipinski definition) is 5. The average molecular weight is 463 g/mol. The third-order valence-electron chi connectivity index (χ3n) is 4.82. The van der Waals surface area contributed by atoms with Crippen molar-refractivity contribution in [1.29, 1.82) is 0 Å². The van der Waals surface area contributed by atoms with Crippen LogP contribution in [0.25, 0.3) is 10.9 Å². The maximum atomic E-state index is 13.7. The fourth-order valence-electron chi connectivity index (χ4n) is 3.28. The number of aliphatic hydroxyl groups excluding tert-OH is 1. The van der Waals surface area contributed by atoms with Crippen LogP contribution >= 0.6 is 0 Å². The summed E-state index contributed by atoms with van der Waals surface area (Å²) in [5, 5.41) is 17.1. The molecule has 1 aliphatic heterocycles. The lowest BCUT2D eigenvalue weighted by Crippen LogP contribution is -2.47. The molecular formula is C23H31FN4O5. The molecule has 9 nitrogen and oxygen atoms in total. The van der Waals surface area contributed by atoms with Crippen LogP contribution in [0.15, 0.2) is 24.3 Å². The van der Waals surface area contributed by atoms with Crippen molar-refractivity contribution >= 4 is 34.4 Å². The number of nitrogens with one attached hydrogen (secondary N) is 4. The molecule has 0 bridgehead atoms. The number of fused-ring (bicyclic) bond motifs is 1. The number of H-pyrrole nitrogens is 1. The van der Waals surface area contributed by atoms with Gasteiger partial charge in [-0.15, -0.1) is 0 Å². The lowest BCUT2D eigenvalue weighted by Gasteiger charge is -2.19. The van der Waals surface area contributed by atoms with Crippen LogP contribution in [0.2, 0.25) is 0 Å². The number of amides is 3. The molecule has 1 saturated heterocycles. The Morgan fingerprint density at radius 1 is 1.24 bits per heavy atom. The van der Waals surface area contributed by atoms with Crippen LogP contribution in [0, 0.1) is 17.7 Å². The first-order valence-corrected chi connectivity index (χ1v) is 10.9. The first kappa shape index (κ1) is 26.0. The molecule has 1 fully saturated rings. The minimum absolute atomic E-state index is 0.0756. The van der Waals surface area contributed by atoms with E-state index >= 15 is 0 Å². The number of Topliss-reactive ketones (excluding diaryl/α,β-unsaturated/α-hetero) is 1. The summed E-state index contributed by atoms with van der Waals surface area (Å²) in [6.45, 7) is 5.80. The molecule has 3 amide bonds. The summed E-state index contributed by atoms with van der Waals surface area (Å²) in [6, 6.07) is 4.85. The van der Waals surface area contributed by atoms with Gasteiger partial charge in [0.05, 0.1) is 18.1 Å². The van der Waals surface area contributed by atoms with E-state index in [2.05, 4.69) is 41.7 Å². The Morgan fingerprint density at radius 3 is 2.52 bits per heavy atom. The van der Waals surface area contributed by atoms with Crippen LogP contribution < -0.4 is 16.0 Å². The molecule has 0 spiro atoms. The standard InChI is InChI=1S/C19H21FN4O5.C4H10/c20-12-3-1-2-10-6-14(24-17(10)12)19(29)22-8-16(27)23-13(15(26)9-25)7-11-4-5-21-18(11)28;1-4(2)3/h1-3,6,11,13,24-25H,4-5,7-9H2,(H,21,28)(H,22,29)(H,23,27);4H,1-3H3/t11-,13?;/m0./s1. The first-order chi connectivity index (χ1) is 15.6. The predicted octanol–water partition coefficient (Wildman–Crippen LogP) is 1.27. The summed E-state index contributed by atoms with van der Waals surface area (Å²) < 4.78 is 13.7. The summed E-state index contributed by atoms with van der Waals surface area (Å²) in [5.41, 5.74) is 0.272. The Bertz CT molecular complexity index is 1000. The van der Waals surface area contributed by atoms with Gasteiger partial charge in [0.25, 0.3) is 5.91 Å². The molecule has 0 aliphatic carbocycles. The monoisotopic (exact) mass is 462 g/mol. The van der Waals surface area contributed by atoms with Crippen molar-refractivity contribution in [3.8, 4) is 0 Å². The number of aromatic nitrogens is 1. The SMILES string of the molecule is CC(C)C.O=C(CNC(=O)c1cc2cccc(F)c2[nH]1)NC(C[C@@H]1CCNC1=O)C(=O)CO. The molecular weight excluding hydrogens is 431 g/mol. The Morgan fingerprint density at radius 2 is 1.94 bits per heavy atom. The van der Waals surface area contributed by atoms with Crippen molar-refractivity contribution in [2.45, 2.75) is 39.7 Å². The van der Waals surface area contributed by atoms with Gasteiger partial charge in [0.2, 0.25) is 11.8 Å². The van der Waals surface area contributed by atoms with Crippen molar-refractivity contribution in [3.05, 3.63) is 35.8 Å². The van der Waals surface area contributed by atoms with E-state index in [9.17, 15) is 23.6 Å². The maximum absolute atomic E-state index is 13.7. The van der Waals surface area contributed by atoms with E-state index in [1.54, 1.807) is 6.07 Å². The molecule has 3 rings (SSSR count). The van der Waals surface area contributed by atoms with Gasteiger partial charge in [-0.3, -0.25) is 19.2 Å². The molecule has 1 aliphatic rings. The molecule has 180 valence electrons. The summed E-state index contributed by atoms with van der Waals surface area (Å²) in [4.78, 5) is 50.6. The fourth-order valence-corrected chi connectivity index (χ4v) is 3.28. The topological polar surface area (TPSA) is 140 Å². The van der Waals surface area contributed by atoms with Gasteiger partial charge in [-0.05, 0) is 30.9 Å². The first-order valence-electron chi connectivity index (χ1n) is 10.9. The molecule has 5 N–H and O–H groups in total. The van der Waals surface area contributed by atoms with Gasteiger partial charge in [0.15, 0.2) is 5.78 Å². The highest BCUT2D eigenvalue weighted by molar-refractivity contribution is 6.00. The third-order valence-corrected chi connectivity index (χ3v) is 4.82. The van der Waals surface area contributed by atoms with Gasteiger partial charge in [0, 0.05) is 17.8 Å². The molecule has 2 heterocycles. The van der Waals surface area contributed by atoms with E-state index in [1.165, 1.54) is 18.2 Å². The number of aromatic amines is 1. The largest absolute Gasteiger partial charge is 0.389 e. The normalized spacial score (nSPS) is 16.1. The summed E-state index contributed by atoms with van der Waals surface area (Å²) in [7, 11) is 0. The van der Waals surface area contributed by atoms with Crippen LogP contribution in [0.1, 0.15) is 44.1 Å². The molecule has 2 aromatic rings. The van der Waals surface area contributed by atoms with Crippen molar-refractivity contribution < 1.29 is 28.7 Å². The van der Waals surface area contributed by atoms with Crippen molar-refractivity contribution in [1.82, 2.24) is 20.9 Å². The smallest absolute Gasteiger partial charge is 0.268 e. The van der Waals surface area contributed by atoms with Crippen molar-refractivity contribution in [3.63, 3.8) is 0 Å². The molecule has 2 atom stereocenters. The van der Waals surface area contributed by atoms with E-state index < -0.39 is 48.5 Å². The van der Waals surface area contributed by atoms with Gasteiger partial charge in [-0.2, -0.15) is 0 Å². The molecule has 1 aromatic heterocycles. The number of ketones is 1. The zero-order valence-electron chi connectivity index (χ0n) is 19.0. The minimum Gasteiger partial charge on any atom is -0.389 e. The van der Waals surface area contributed by atoms with Crippen LogP contribution in [0.5, 0.6) is 0 Å². The van der Waals surface area contributed by atoms with Crippen LogP contribution in [-0.2, 0) is 14.4 Å². The summed E-state index contributed by atoms with van der Waals surface area (Å²) in [6.07, 6.45) is 0.615. The minimum atomic E-state index is -1.03. The second-order valence-corrected chi connectivity index (χ2v) is 8.56. The zero-order valence-corrected chi connectivity index (χ0v) is 19.0. The zero-order chi connectivity index (χ0) is 24.5. The van der Waals surface area contributed by atoms with Gasteiger partial charge < -0.3 is 26.0 Å². The molecule has 0 radical (unpaired) electrons. The van der Waals surface area contributed by atoms with Gasteiger partial charge in [0.1, 0.15) is 18.1 Å². The summed E-state index contributed by atoms with van der Waals surface area (Å²) in [5.74, 6) is -2.17. The Balaban J connectivity index is 0.000000890. The highest BCUT2D eigenvalue weighted by Gasteiger charge is 2.31. The van der Waals surface area contributed by atoms with E-state index in [0.29, 0.717) is 18.4 Å². The highest BCUT2D eigenvalue weighted by Crippen LogP contribution is 2.18. The maximum Gasteiger partial charge on any atom is 0.268 e. The van der Waals surface area contributed by atoms with Crippen molar-refractivity contribution in [2.75, 3.05) is 19.7 Å². The molecule has 10 heteroatoms. The molecule has 1 unspecified atom stereocenters.